The lowest BCUT2D eigenvalue weighted by Crippen LogP contribution is -2.25. The van der Waals surface area contributed by atoms with Gasteiger partial charge in [-0.2, -0.15) is 18.3 Å². The first-order valence-corrected chi connectivity index (χ1v) is 11.9. The van der Waals surface area contributed by atoms with Gasteiger partial charge in [0.1, 0.15) is 17.7 Å². The van der Waals surface area contributed by atoms with Crippen LogP contribution in [0.1, 0.15) is 35.5 Å². The number of benzene rings is 3. The minimum Gasteiger partial charge on any atom is -0.380 e. The van der Waals surface area contributed by atoms with Gasteiger partial charge < -0.3 is 15.9 Å². The number of carbonyl (C=O) groups excluding carboxylic acids is 1. The van der Waals surface area contributed by atoms with Crippen LogP contribution in [0.4, 0.5) is 27.6 Å². The number of nitrogens with one attached hydrogen (secondary N) is 1. The zero-order chi connectivity index (χ0) is 29.0. The molecule has 1 unspecified atom stereocenters. The molecule has 1 atom stereocenters. The van der Waals surface area contributed by atoms with E-state index in [9.17, 15) is 22.4 Å². The summed E-state index contributed by atoms with van der Waals surface area (Å²) in [6.07, 6.45) is -4.62. The first-order valence-electron chi connectivity index (χ1n) is 11.9. The van der Waals surface area contributed by atoms with Crippen LogP contribution in [-0.2, 0) is 23.1 Å². The Morgan fingerprint density at radius 1 is 1.07 bits per heavy atom. The van der Waals surface area contributed by atoms with E-state index in [1.54, 1.807) is 13.1 Å². The van der Waals surface area contributed by atoms with E-state index in [4.69, 9.17) is 5.73 Å². The lowest BCUT2D eigenvalue weighted by Gasteiger charge is -2.21. The number of nitrogens with two attached hydrogens (primary N) is 1. The van der Waals surface area contributed by atoms with E-state index in [0.29, 0.717) is 23.3 Å². The van der Waals surface area contributed by atoms with Crippen molar-refractivity contribution in [1.82, 2.24) is 14.8 Å². The van der Waals surface area contributed by atoms with E-state index in [1.165, 1.54) is 4.68 Å². The van der Waals surface area contributed by atoms with Crippen molar-refractivity contribution in [1.29, 1.82) is 0 Å². The maximum Gasteiger partial charge on any atom is 0.493 e. The average Bonchev–Trinajstić information content (AvgIpc) is 3.32. The highest BCUT2D eigenvalue weighted by molar-refractivity contribution is 5.98. The molecule has 0 saturated heterocycles. The van der Waals surface area contributed by atoms with Crippen LogP contribution in [0.15, 0.2) is 71.9 Å². The van der Waals surface area contributed by atoms with Crippen molar-refractivity contribution in [3.63, 3.8) is 0 Å². The molecule has 3 aromatic carbocycles. The number of nitrogens with zero attached hydrogens (tertiary/aromatic N) is 4. The molecule has 0 fully saturated rings. The Morgan fingerprint density at radius 3 is 2.48 bits per heavy atom. The van der Waals surface area contributed by atoms with Gasteiger partial charge in [-0.3, -0.25) is 4.68 Å². The number of anilines is 1. The fraction of sp³-hybridized carbons (Fsp3) is 0.185. The molecule has 0 bridgehead atoms. The SMILES string of the molecule is CCc1cccc(C(Nc2cc(F)c(/C(N)=N/OC(=O)C(F)(F)F)cc2F)c2nc(-c3ccccc3)nn2C)c1. The van der Waals surface area contributed by atoms with Gasteiger partial charge in [0.2, 0.25) is 0 Å². The lowest BCUT2D eigenvalue weighted by atomic mass is 10.0. The largest absolute Gasteiger partial charge is 0.493 e. The second-order valence-corrected chi connectivity index (χ2v) is 8.62. The maximum atomic E-state index is 15.2. The van der Waals surface area contributed by atoms with Gasteiger partial charge in [-0.1, -0.05) is 66.7 Å². The molecule has 3 N–H and O–H groups in total. The van der Waals surface area contributed by atoms with Crippen molar-refractivity contribution in [2.45, 2.75) is 25.6 Å². The molecule has 0 aliphatic rings. The van der Waals surface area contributed by atoms with Crippen molar-refractivity contribution in [2.24, 2.45) is 17.9 Å². The molecular weight excluding hydrogens is 535 g/mol. The number of hydrogen-bond acceptors (Lipinski definition) is 6. The maximum absolute atomic E-state index is 15.2. The van der Waals surface area contributed by atoms with E-state index in [-0.39, 0.29) is 5.69 Å². The molecule has 13 heteroatoms. The molecule has 0 spiro atoms. The van der Waals surface area contributed by atoms with E-state index < -0.39 is 41.2 Å². The first-order chi connectivity index (χ1) is 19.0. The normalized spacial score (nSPS) is 12.7. The second-order valence-electron chi connectivity index (χ2n) is 8.62. The number of alkyl halides is 3. The monoisotopic (exact) mass is 558 g/mol. The zero-order valence-corrected chi connectivity index (χ0v) is 21.2. The van der Waals surface area contributed by atoms with E-state index >= 15 is 4.39 Å². The first kappa shape index (κ1) is 28.2. The molecule has 4 rings (SSSR count). The quantitative estimate of drug-likeness (QED) is 0.101. The molecule has 0 saturated carbocycles. The van der Waals surface area contributed by atoms with Crippen LogP contribution in [0, 0.1) is 11.6 Å². The molecule has 8 nitrogen and oxygen atoms in total. The topological polar surface area (TPSA) is 107 Å². The molecule has 208 valence electrons. The van der Waals surface area contributed by atoms with Gasteiger partial charge in [0.15, 0.2) is 17.5 Å². The summed E-state index contributed by atoms with van der Waals surface area (Å²) in [5.74, 6) is -4.93. The third-order valence-electron chi connectivity index (χ3n) is 5.87. The van der Waals surface area contributed by atoms with Crippen molar-refractivity contribution in [2.75, 3.05) is 5.32 Å². The van der Waals surface area contributed by atoms with Crippen LogP contribution >= 0.6 is 0 Å². The van der Waals surface area contributed by atoms with Crippen molar-refractivity contribution >= 4 is 17.5 Å². The van der Waals surface area contributed by atoms with Crippen LogP contribution < -0.4 is 11.1 Å². The predicted molar refractivity (Wildman–Crippen MR) is 137 cm³/mol. The van der Waals surface area contributed by atoms with Crippen molar-refractivity contribution in [3.05, 3.63) is 101 Å². The van der Waals surface area contributed by atoms with Crippen LogP contribution in [-0.4, -0.2) is 32.7 Å². The summed E-state index contributed by atoms with van der Waals surface area (Å²) in [5, 5.41) is 10.2. The molecule has 0 aliphatic heterocycles. The summed E-state index contributed by atoms with van der Waals surface area (Å²) in [4.78, 5) is 19.2. The number of aromatic nitrogens is 3. The summed E-state index contributed by atoms with van der Waals surface area (Å²) in [5.41, 5.74) is 6.91. The minimum absolute atomic E-state index is 0.294. The van der Waals surface area contributed by atoms with Crippen LogP contribution in [0.2, 0.25) is 0 Å². The molecule has 1 heterocycles. The Hall–Kier alpha value is -4.81. The van der Waals surface area contributed by atoms with Gasteiger partial charge in [0.25, 0.3) is 0 Å². The molecule has 0 amide bonds. The van der Waals surface area contributed by atoms with E-state index in [0.717, 1.165) is 23.6 Å². The highest BCUT2D eigenvalue weighted by atomic mass is 19.4. The molecular formula is C27H23F5N6O2. The van der Waals surface area contributed by atoms with Crippen molar-refractivity contribution in [3.8, 4) is 11.4 Å². The van der Waals surface area contributed by atoms with Crippen molar-refractivity contribution < 1.29 is 31.6 Å². The third-order valence-corrected chi connectivity index (χ3v) is 5.87. The van der Waals surface area contributed by atoms with Gasteiger partial charge in [-0.05, 0) is 23.6 Å². The number of aryl methyl sites for hydroxylation is 2. The smallest absolute Gasteiger partial charge is 0.380 e. The summed E-state index contributed by atoms with van der Waals surface area (Å²) < 4.78 is 68.7. The minimum atomic E-state index is -5.34. The Labute approximate surface area is 225 Å². The fourth-order valence-corrected chi connectivity index (χ4v) is 3.85. The molecule has 4 aromatic rings. The zero-order valence-electron chi connectivity index (χ0n) is 21.2. The Balaban J connectivity index is 1.72. The number of hydrogen-bond donors (Lipinski definition) is 2. The average molecular weight is 559 g/mol. The molecule has 1 aromatic heterocycles. The summed E-state index contributed by atoms with van der Waals surface area (Å²) in [6.45, 7) is 1.98. The third kappa shape index (κ3) is 6.25. The summed E-state index contributed by atoms with van der Waals surface area (Å²) >= 11 is 0. The summed E-state index contributed by atoms with van der Waals surface area (Å²) in [6, 6.07) is 17.3. The number of rotatable bonds is 8. The van der Waals surface area contributed by atoms with Crippen LogP contribution in [0.5, 0.6) is 0 Å². The second kappa shape index (κ2) is 11.5. The Kier molecular flexibility index (Phi) is 8.12. The van der Waals surface area contributed by atoms with Gasteiger partial charge in [-0.15, -0.1) is 0 Å². The molecule has 0 aliphatic carbocycles. The Bertz CT molecular complexity index is 1550. The van der Waals surface area contributed by atoms with Crippen LogP contribution in [0.3, 0.4) is 0 Å². The van der Waals surface area contributed by atoms with Gasteiger partial charge in [-0.25, -0.2) is 18.6 Å². The highest BCUT2D eigenvalue weighted by Gasteiger charge is 2.41. The number of carbonyl (C=O) groups is 1. The number of oxime groups is 1. The van der Waals surface area contributed by atoms with Gasteiger partial charge >= 0.3 is 12.1 Å². The standard InChI is InChI=1S/C27H23F5N6O2/c1-3-15-8-7-11-17(12-15)22(25-35-24(36-38(25)2)16-9-5-4-6-10-16)34-21-14-19(28)18(13-20(21)29)23(33)37-40-26(39)27(30,31)32/h4-14,22,34H,3H2,1-2H3,(H2,33,37). The van der Waals surface area contributed by atoms with E-state index in [2.05, 4.69) is 25.4 Å². The molecule has 0 radical (unpaired) electrons. The predicted octanol–water partition coefficient (Wildman–Crippen LogP) is 5.25. The summed E-state index contributed by atoms with van der Waals surface area (Å²) in [7, 11) is 1.67. The van der Waals surface area contributed by atoms with Gasteiger partial charge in [0, 0.05) is 18.7 Å². The number of halogens is 5. The van der Waals surface area contributed by atoms with Crippen LogP contribution in [0.25, 0.3) is 11.4 Å². The molecule has 40 heavy (non-hydrogen) atoms. The highest BCUT2D eigenvalue weighted by Crippen LogP contribution is 2.30. The number of amidine groups is 1. The lowest BCUT2D eigenvalue weighted by molar-refractivity contribution is -0.199. The van der Waals surface area contributed by atoms with E-state index in [1.807, 2.05) is 55.5 Å². The fourth-order valence-electron chi connectivity index (χ4n) is 3.85. The van der Waals surface area contributed by atoms with Gasteiger partial charge in [0.05, 0.1) is 11.3 Å². The Morgan fingerprint density at radius 2 is 1.80 bits per heavy atom.